The first kappa shape index (κ1) is 11.9. The predicted octanol–water partition coefficient (Wildman–Crippen LogP) is 3.74. The van der Waals surface area contributed by atoms with Gasteiger partial charge < -0.3 is 9.15 Å². The van der Waals surface area contributed by atoms with Crippen LogP contribution in [0.15, 0.2) is 39.2 Å². The van der Waals surface area contributed by atoms with Crippen molar-refractivity contribution in [3.63, 3.8) is 0 Å². The van der Waals surface area contributed by atoms with Crippen LogP contribution in [0, 0.1) is 6.92 Å². The molecule has 1 aromatic carbocycles. The Bertz CT molecular complexity index is 531. The van der Waals surface area contributed by atoms with E-state index < -0.39 is 0 Å². The van der Waals surface area contributed by atoms with E-state index in [1.165, 1.54) is 0 Å². The summed E-state index contributed by atoms with van der Waals surface area (Å²) in [6.45, 7) is 2.29. The van der Waals surface area contributed by atoms with Gasteiger partial charge in [-0.05, 0) is 42.8 Å². The second kappa shape index (κ2) is 5.19. The zero-order valence-corrected chi connectivity index (χ0v) is 10.9. The van der Waals surface area contributed by atoms with E-state index in [0.717, 1.165) is 15.8 Å². The van der Waals surface area contributed by atoms with Crippen molar-refractivity contribution in [2.24, 2.45) is 0 Å². The van der Waals surface area contributed by atoms with E-state index >= 15 is 0 Å². The molecule has 4 heteroatoms. The molecule has 0 N–H and O–H groups in total. The number of hydrogen-bond acceptors (Lipinski definition) is 3. The predicted molar refractivity (Wildman–Crippen MR) is 67.3 cm³/mol. The lowest BCUT2D eigenvalue weighted by Crippen LogP contribution is -1.95. The van der Waals surface area contributed by atoms with E-state index in [9.17, 15) is 4.79 Å². The standard InChI is InChI=1S/C13H11BrO3/c1-9-6-10(14)2-5-13(9)16-8-12-4-3-11(7-15)17-12/h2-7H,8H2,1H3. The molecule has 0 saturated carbocycles. The summed E-state index contributed by atoms with van der Waals surface area (Å²) in [6, 6.07) is 9.15. The summed E-state index contributed by atoms with van der Waals surface area (Å²) in [6.07, 6.45) is 0.675. The molecule has 3 nitrogen and oxygen atoms in total. The molecule has 1 aromatic heterocycles. The van der Waals surface area contributed by atoms with Crippen LogP contribution in [-0.4, -0.2) is 6.29 Å². The average Bonchev–Trinajstić information content (AvgIpc) is 2.76. The Labute approximate surface area is 108 Å². The molecule has 0 fully saturated rings. The van der Waals surface area contributed by atoms with Crippen molar-refractivity contribution in [3.05, 3.63) is 51.9 Å². The van der Waals surface area contributed by atoms with Gasteiger partial charge in [-0.3, -0.25) is 4.79 Å². The summed E-state index contributed by atoms with van der Waals surface area (Å²) in [5, 5.41) is 0. The molecule has 0 aliphatic heterocycles. The third-order valence-electron chi connectivity index (χ3n) is 2.31. The van der Waals surface area contributed by atoms with Gasteiger partial charge in [0.25, 0.3) is 0 Å². The van der Waals surface area contributed by atoms with E-state index in [-0.39, 0.29) is 0 Å². The number of carbonyl (C=O) groups is 1. The molecule has 0 atom stereocenters. The topological polar surface area (TPSA) is 39.4 Å². The Morgan fingerprint density at radius 3 is 2.82 bits per heavy atom. The first-order valence-corrected chi connectivity index (χ1v) is 5.91. The van der Waals surface area contributed by atoms with Gasteiger partial charge in [0.15, 0.2) is 12.0 Å². The van der Waals surface area contributed by atoms with Crippen molar-refractivity contribution >= 4 is 22.2 Å². The van der Waals surface area contributed by atoms with E-state index in [1.807, 2.05) is 25.1 Å². The number of furan rings is 1. The fourth-order valence-corrected chi connectivity index (χ4v) is 1.93. The van der Waals surface area contributed by atoms with E-state index in [2.05, 4.69) is 15.9 Å². The average molecular weight is 295 g/mol. The van der Waals surface area contributed by atoms with Crippen molar-refractivity contribution < 1.29 is 13.9 Å². The number of rotatable bonds is 4. The molecule has 0 radical (unpaired) electrons. The summed E-state index contributed by atoms with van der Waals surface area (Å²) in [5.41, 5.74) is 1.04. The molecule has 0 amide bonds. The Kier molecular flexibility index (Phi) is 3.64. The minimum Gasteiger partial charge on any atom is -0.485 e. The molecule has 0 unspecified atom stereocenters. The highest BCUT2D eigenvalue weighted by Gasteiger charge is 2.04. The van der Waals surface area contributed by atoms with E-state index in [1.54, 1.807) is 12.1 Å². The molecule has 0 bridgehead atoms. The highest BCUT2D eigenvalue weighted by Crippen LogP contribution is 2.23. The molecule has 0 aliphatic carbocycles. The zero-order valence-electron chi connectivity index (χ0n) is 9.27. The largest absolute Gasteiger partial charge is 0.485 e. The molecule has 0 aliphatic rings. The van der Waals surface area contributed by atoms with Gasteiger partial charge in [-0.15, -0.1) is 0 Å². The van der Waals surface area contributed by atoms with Gasteiger partial charge >= 0.3 is 0 Å². The normalized spacial score (nSPS) is 10.2. The summed E-state index contributed by atoms with van der Waals surface area (Å²) in [5.74, 6) is 1.75. The second-order valence-electron chi connectivity index (χ2n) is 3.62. The van der Waals surface area contributed by atoms with E-state index in [0.29, 0.717) is 24.4 Å². The summed E-state index contributed by atoms with van der Waals surface area (Å²) >= 11 is 3.39. The molecule has 1 heterocycles. The molecular weight excluding hydrogens is 284 g/mol. The molecule has 0 saturated heterocycles. The first-order chi connectivity index (χ1) is 8.19. The number of aldehydes is 1. The molecule has 0 spiro atoms. The van der Waals surface area contributed by atoms with Crippen LogP contribution in [0.1, 0.15) is 21.9 Å². The Morgan fingerprint density at radius 1 is 1.35 bits per heavy atom. The summed E-state index contributed by atoms with van der Waals surface area (Å²) < 4.78 is 11.8. The Hall–Kier alpha value is -1.55. The van der Waals surface area contributed by atoms with Crippen LogP contribution >= 0.6 is 15.9 Å². The fraction of sp³-hybridized carbons (Fsp3) is 0.154. The number of carbonyl (C=O) groups excluding carboxylic acids is 1. The number of benzene rings is 1. The lowest BCUT2D eigenvalue weighted by atomic mass is 10.2. The van der Waals surface area contributed by atoms with Crippen LogP contribution in [0.5, 0.6) is 5.75 Å². The minimum atomic E-state index is 0.316. The number of halogens is 1. The van der Waals surface area contributed by atoms with Crippen molar-refractivity contribution in [3.8, 4) is 5.75 Å². The van der Waals surface area contributed by atoms with Crippen LogP contribution < -0.4 is 4.74 Å². The quantitative estimate of drug-likeness (QED) is 0.807. The second-order valence-corrected chi connectivity index (χ2v) is 4.54. The number of aryl methyl sites for hydroxylation is 1. The number of hydrogen-bond donors (Lipinski definition) is 0. The van der Waals surface area contributed by atoms with Crippen LogP contribution in [0.3, 0.4) is 0 Å². The summed E-state index contributed by atoms with van der Waals surface area (Å²) in [7, 11) is 0. The number of ether oxygens (including phenoxy) is 1. The van der Waals surface area contributed by atoms with Crippen molar-refractivity contribution in [2.75, 3.05) is 0 Å². The van der Waals surface area contributed by atoms with Crippen LogP contribution in [0.4, 0.5) is 0 Å². The maximum absolute atomic E-state index is 10.4. The maximum Gasteiger partial charge on any atom is 0.185 e. The minimum absolute atomic E-state index is 0.316. The molecule has 88 valence electrons. The molecule has 2 rings (SSSR count). The van der Waals surface area contributed by atoms with Gasteiger partial charge in [0.1, 0.15) is 18.1 Å². The van der Waals surface area contributed by atoms with Crippen LogP contribution in [-0.2, 0) is 6.61 Å². The van der Waals surface area contributed by atoms with Gasteiger partial charge in [-0.25, -0.2) is 0 Å². The monoisotopic (exact) mass is 294 g/mol. The van der Waals surface area contributed by atoms with E-state index in [4.69, 9.17) is 9.15 Å². The van der Waals surface area contributed by atoms with Crippen LogP contribution in [0.2, 0.25) is 0 Å². The molecule has 2 aromatic rings. The van der Waals surface area contributed by atoms with Crippen molar-refractivity contribution in [2.45, 2.75) is 13.5 Å². The third-order valence-corrected chi connectivity index (χ3v) is 2.80. The summed E-state index contributed by atoms with van der Waals surface area (Å²) in [4.78, 5) is 10.4. The Balaban J connectivity index is 2.04. The lowest BCUT2D eigenvalue weighted by molar-refractivity contribution is 0.109. The lowest BCUT2D eigenvalue weighted by Gasteiger charge is -2.07. The molecular formula is C13H11BrO3. The van der Waals surface area contributed by atoms with Crippen molar-refractivity contribution in [1.29, 1.82) is 0 Å². The highest BCUT2D eigenvalue weighted by molar-refractivity contribution is 9.10. The first-order valence-electron chi connectivity index (χ1n) is 5.12. The van der Waals surface area contributed by atoms with Crippen LogP contribution in [0.25, 0.3) is 0 Å². The zero-order chi connectivity index (χ0) is 12.3. The third kappa shape index (κ3) is 2.97. The van der Waals surface area contributed by atoms with Gasteiger partial charge in [-0.1, -0.05) is 15.9 Å². The van der Waals surface area contributed by atoms with Gasteiger partial charge in [-0.2, -0.15) is 0 Å². The van der Waals surface area contributed by atoms with Gasteiger partial charge in [0.2, 0.25) is 0 Å². The van der Waals surface area contributed by atoms with Crippen molar-refractivity contribution in [1.82, 2.24) is 0 Å². The SMILES string of the molecule is Cc1cc(Br)ccc1OCc1ccc(C=O)o1. The smallest absolute Gasteiger partial charge is 0.185 e. The van der Waals surface area contributed by atoms with Gasteiger partial charge in [0, 0.05) is 4.47 Å². The fourth-order valence-electron chi connectivity index (χ4n) is 1.46. The molecule has 17 heavy (non-hydrogen) atoms. The van der Waals surface area contributed by atoms with Gasteiger partial charge in [0.05, 0.1) is 0 Å². The Morgan fingerprint density at radius 2 is 2.18 bits per heavy atom. The maximum atomic E-state index is 10.4. The highest BCUT2D eigenvalue weighted by atomic mass is 79.9.